The van der Waals surface area contributed by atoms with Crippen LogP contribution in [-0.4, -0.2) is 73.9 Å². The summed E-state index contributed by atoms with van der Waals surface area (Å²) < 4.78 is 50.2. The molecule has 0 aliphatic carbocycles. The Hall–Kier alpha value is -3.19. The molecule has 0 saturated carbocycles. The highest BCUT2D eigenvalue weighted by atomic mass is 16.8. The number of esters is 1. The van der Waals surface area contributed by atoms with Gasteiger partial charge in [-0.05, 0) is 37.5 Å². The first-order valence-electron chi connectivity index (χ1n) is 16.2. The lowest BCUT2D eigenvalue weighted by molar-refractivity contribution is -0.328. The molecule has 2 heterocycles. The molecule has 8 atom stereocenters. The highest BCUT2D eigenvalue weighted by Gasteiger charge is 2.50. The van der Waals surface area contributed by atoms with Crippen LogP contribution in [-0.2, 0) is 62.5 Å². The van der Waals surface area contributed by atoms with E-state index < -0.39 is 48.5 Å². The van der Waals surface area contributed by atoms with Crippen LogP contribution in [0, 0.1) is 0 Å². The van der Waals surface area contributed by atoms with E-state index in [1.165, 1.54) is 6.92 Å². The predicted molar refractivity (Wildman–Crippen MR) is 174 cm³/mol. The molecule has 2 fully saturated rings. The molecule has 2 saturated heterocycles. The molecule has 2 aliphatic rings. The average molecular weight is 650 g/mol. The van der Waals surface area contributed by atoms with Crippen molar-refractivity contribution in [2.75, 3.05) is 13.2 Å². The summed E-state index contributed by atoms with van der Waals surface area (Å²) in [4.78, 5) is 12.0. The van der Waals surface area contributed by atoms with E-state index in [4.69, 9.17) is 43.6 Å². The van der Waals surface area contributed by atoms with E-state index in [1.807, 2.05) is 112 Å². The lowest BCUT2D eigenvalue weighted by atomic mass is 9.97. The molecule has 47 heavy (non-hydrogen) atoms. The minimum Gasteiger partial charge on any atom is -0.463 e. The van der Waals surface area contributed by atoms with E-state index >= 15 is 0 Å². The first-order valence-corrected chi connectivity index (χ1v) is 16.2. The van der Waals surface area contributed by atoms with E-state index in [2.05, 4.69) is 0 Å². The van der Waals surface area contributed by atoms with Crippen molar-refractivity contribution in [1.82, 2.24) is 0 Å². The van der Waals surface area contributed by atoms with Crippen LogP contribution in [0.5, 0.6) is 0 Å². The summed E-state index contributed by atoms with van der Waals surface area (Å²) in [7, 11) is 0. The quantitative estimate of drug-likeness (QED) is 0.228. The Bertz CT molecular complexity index is 1360. The Balaban J connectivity index is 1.43. The minimum absolute atomic E-state index is 0.0674. The maximum atomic E-state index is 12.0. The molecular weight excluding hydrogens is 602 g/mol. The number of carbonyl (C=O) groups excluding carboxylic acids is 1. The Morgan fingerprint density at radius 1 is 0.745 bits per heavy atom. The lowest BCUT2D eigenvalue weighted by Gasteiger charge is -2.46. The fourth-order valence-electron chi connectivity index (χ4n) is 5.92. The Morgan fingerprint density at radius 2 is 1.23 bits per heavy atom. The zero-order chi connectivity index (χ0) is 33.2. The highest BCUT2D eigenvalue weighted by molar-refractivity contribution is 5.65. The second-order valence-electron chi connectivity index (χ2n) is 12.4. The van der Waals surface area contributed by atoms with Gasteiger partial charge in [0.15, 0.2) is 12.1 Å². The summed E-state index contributed by atoms with van der Waals surface area (Å²) in [5, 5.41) is 0. The maximum Gasteiger partial charge on any atom is 0.302 e. The fraction of sp³-hybridized carbons (Fsp3) is 0.486. The number of nitrogens with two attached hydrogens (primary N) is 1. The Morgan fingerprint density at radius 3 is 1.70 bits per heavy atom. The van der Waals surface area contributed by atoms with Gasteiger partial charge in [0, 0.05) is 6.92 Å². The molecule has 0 radical (unpaired) electrons. The third-order valence-electron chi connectivity index (χ3n) is 8.13. The topological polar surface area (TPSA) is 117 Å². The van der Waals surface area contributed by atoms with Gasteiger partial charge in [-0.1, -0.05) is 91.0 Å². The second kappa shape index (κ2) is 16.8. The van der Waals surface area contributed by atoms with Crippen molar-refractivity contribution in [3.8, 4) is 0 Å². The van der Waals surface area contributed by atoms with Gasteiger partial charge in [-0.25, -0.2) is 0 Å². The Labute approximate surface area is 277 Å². The van der Waals surface area contributed by atoms with Gasteiger partial charge in [0.05, 0.1) is 38.6 Å². The molecule has 254 valence electrons. The molecule has 10 nitrogen and oxygen atoms in total. The van der Waals surface area contributed by atoms with Gasteiger partial charge in [0.2, 0.25) is 0 Å². The van der Waals surface area contributed by atoms with E-state index in [0.717, 1.165) is 16.7 Å². The van der Waals surface area contributed by atoms with Gasteiger partial charge in [0.25, 0.3) is 0 Å². The summed E-state index contributed by atoms with van der Waals surface area (Å²) in [6, 6.07) is 29.0. The molecule has 0 bridgehead atoms. The summed E-state index contributed by atoms with van der Waals surface area (Å²) in [6.07, 6.45) is -4.38. The van der Waals surface area contributed by atoms with Crippen molar-refractivity contribution >= 4 is 5.97 Å². The van der Waals surface area contributed by atoms with Gasteiger partial charge < -0.3 is 43.6 Å². The van der Waals surface area contributed by atoms with E-state index in [-0.39, 0.29) is 45.2 Å². The van der Waals surface area contributed by atoms with Crippen molar-refractivity contribution in [3.05, 3.63) is 108 Å². The number of carbonyl (C=O) groups is 1. The zero-order valence-electron chi connectivity index (χ0n) is 27.6. The van der Waals surface area contributed by atoms with Crippen LogP contribution in [0.4, 0.5) is 0 Å². The third kappa shape index (κ3) is 10.2. The number of benzene rings is 3. The van der Waals surface area contributed by atoms with Crippen LogP contribution in [0.25, 0.3) is 0 Å². The van der Waals surface area contributed by atoms with Crippen molar-refractivity contribution in [1.29, 1.82) is 0 Å². The standard InChI is InChI=1S/C37H47NO9/c1-25-32(47-37(3,4)46-25)30(38)23-44-36-35(43-22-29-18-12-7-13-19-29)34(42-21-28-16-10-6-11-17-28)33(31(45-36)24-40-26(2)39)41-20-27-14-8-5-9-15-27/h5-19,25,30-36H,20-24,38H2,1-4H3/t25-,30+,31?,32-,33-,34?,35?,36+/m1/s1. The fourth-order valence-corrected chi connectivity index (χ4v) is 5.92. The van der Waals surface area contributed by atoms with Crippen LogP contribution >= 0.6 is 0 Å². The highest BCUT2D eigenvalue weighted by Crippen LogP contribution is 2.33. The molecule has 0 amide bonds. The molecule has 0 spiro atoms. The molecule has 5 rings (SSSR count). The van der Waals surface area contributed by atoms with E-state index in [9.17, 15) is 4.79 Å². The first kappa shape index (κ1) is 35.1. The molecular formula is C37H47NO9. The van der Waals surface area contributed by atoms with Crippen molar-refractivity contribution in [3.63, 3.8) is 0 Å². The van der Waals surface area contributed by atoms with Crippen LogP contribution in [0.15, 0.2) is 91.0 Å². The number of rotatable bonds is 15. The predicted octanol–water partition coefficient (Wildman–Crippen LogP) is 4.91. The van der Waals surface area contributed by atoms with Crippen LogP contribution in [0.3, 0.4) is 0 Å². The number of hydrogen-bond acceptors (Lipinski definition) is 10. The normalized spacial score (nSPS) is 27.7. The maximum absolute atomic E-state index is 12.0. The lowest BCUT2D eigenvalue weighted by Crippen LogP contribution is -2.62. The number of ether oxygens (including phenoxy) is 8. The van der Waals surface area contributed by atoms with Crippen molar-refractivity contribution in [2.45, 2.75) is 102 Å². The van der Waals surface area contributed by atoms with Crippen molar-refractivity contribution in [2.24, 2.45) is 5.73 Å². The van der Waals surface area contributed by atoms with Gasteiger partial charge >= 0.3 is 5.97 Å². The smallest absolute Gasteiger partial charge is 0.302 e. The summed E-state index contributed by atoms with van der Waals surface area (Å²) in [5.41, 5.74) is 9.54. The van der Waals surface area contributed by atoms with Gasteiger partial charge in [-0.3, -0.25) is 4.79 Å². The minimum atomic E-state index is -0.937. The zero-order valence-corrected chi connectivity index (χ0v) is 27.6. The molecule has 3 unspecified atom stereocenters. The summed E-state index contributed by atoms with van der Waals surface area (Å²) >= 11 is 0. The largest absolute Gasteiger partial charge is 0.463 e. The first-order chi connectivity index (χ1) is 22.7. The second-order valence-corrected chi connectivity index (χ2v) is 12.4. The molecule has 2 N–H and O–H groups in total. The molecule has 0 aromatic heterocycles. The molecule has 3 aromatic carbocycles. The summed E-state index contributed by atoms with van der Waals surface area (Å²) in [6.45, 7) is 7.87. The Kier molecular flexibility index (Phi) is 12.5. The molecule has 3 aromatic rings. The van der Waals surface area contributed by atoms with Crippen LogP contribution in [0.2, 0.25) is 0 Å². The number of hydrogen-bond donors (Lipinski definition) is 1. The van der Waals surface area contributed by atoms with Gasteiger partial charge in [-0.15, -0.1) is 0 Å². The van der Waals surface area contributed by atoms with Gasteiger partial charge in [-0.2, -0.15) is 0 Å². The van der Waals surface area contributed by atoms with Gasteiger partial charge in [0.1, 0.15) is 37.1 Å². The molecule has 2 aliphatic heterocycles. The summed E-state index contributed by atoms with van der Waals surface area (Å²) in [5.74, 6) is -1.19. The van der Waals surface area contributed by atoms with E-state index in [1.54, 1.807) is 0 Å². The molecule has 10 heteroatoms. The van der Waals surface area contributed by atoms with E-state index in [0.29, 0.717) is 0 Å². The third-order valence-corrected chi connectivity index (χ3v) is 8.13. The van der Waals surface area contributed by atoms with Crippen LogP contribution in [0.1, 0.15) is 44.4 Å². The van der Waals surface area contributed by atoms with Crippen molar-refractivity contribution < 1.29 is 42.7 Å². The monoisotopic (exact) mass is 649 g/mol. The average Bonchev–Trinajstić information content (AvgIpc) is 3.36. The SMILES string of the molecule is CC(=O)OCC1O[C@H](OC[C@H](N)[C@@H]2OC(C)(C)O[C@@H]2C)C(OCc2ccccc2)C(OCc2ccccc2)[C@@H]1OCc1ccccc1. The van der Waals surface area contributed by atoms with Crippen LogP contribution < -0.4 is 5.73 Å².